The molecular formula is C32H42ClNO15. The molecule has 2 fully saturated rings. The normalized spacial score (nSPS) is 29.3. The Kier molecular flexibility index (Phi) is 12.6. The van der Waals surface area contributed by atoms with Crippen LogP contribution >= 0.6 is 12.4 Å². The van der Waals surface area contributed by atoms with Gasteiger partial charge in [0.1, 0.15) is 29.5 Å². The van der Waals surface area contributed by atoms with E-state index in [2.05, 4.69) is 0 Å². The SMILES string of the molecule is COc1cccc2c1C(=O)c1c(O)c3c(c(O)c1C2=O)C[C@@](O)(C(=O)CO)C[C@@H]3O[C@H]1C[C@H](N2CCO[C@H](OC)C2)[C@H](O)[C@H](C)O1.Cl.O.O. The molecule has 0 spiro atoms. The standard InChI is InChI=1S/C32H37NO13.ClH.2H2O/c1-14-27(36)17(33-7-8-44-22(12-33)43-3)9-21(45-14)46-19-11-32(41,20(35)13-34)10-16-24(19)31(40)26-25(29(16)38)28(37)15-5-4-6-18(42-2)23(15)30(26)39;;;/h4-6,14,17,19,21-22,27,34,36,38,40-41H,7-13H2,1-3H3;1H;2*1H2/t14-,17-,19-,21-,22-,27+,32-;;;/m0.../s1. The first-order chi connectivity index (χ1) is 21.9. The van der Waals surface area contributed by atoms with Crippen LogP contribution in [0.25, 0.3) is 0 Å². The molecule has 6 rings (SSSR count). The maximum atomic E-state index is 13.9. The van der Waals surface area contributed by atoms with Crippen molar-refractivity contribution in [2.45, 2.75) is 68.7 Å². The number of carbonyl (C=O) groups excluding carboxylic acids is 3. The van der Waals surface area contributed by atoms with Crippen molar-refractivity contribution in [1.82, 2.24) is 4.90 Å². The molecule has 0 saturated carbocycles. The molecule has 7 atom stereocenters. The predicted octanol–water partition coefficient (Wildman–Crippen LogP) is -0.880. The van der Waals surface area contributed by atoms with E-state index in [0.29, 0.717) is 19.7 Å². The molecule has 0 amide bonds. The molecule has 0 bridgehead atoms. The van der Waals surface area contributed by atoms with Gasteiger partial charge >= 0.3 is 0 Å². The van der Waals surface area contributed by atoms with Crippen molar-refractivity contribution in [3.05, 3.63) is 51.6 Å². The Balaban J connectivity index is 0.00000217. The van der Waals surface area contributed by atoms with Crippen LogP contribution in [0.3, 0.4) is 0 Å². The zero-order valence-corrected chi connectivity index (χ0v) is 27.8. The average Bonchev–Trinajstić information content (AvgIpc) is 3.05. The maximum Gasteiger partial charge on any atom is 0.202 e. The molecule has 9 N–H and O–H groups in total. The summed E-state index contributed by atoms with van der Waals surface area (Å²) in [6.07, 6.45) is -5.46. The molecule has 2 aliphatic carbocycles. The number of phenolic OH excluding ortho intramolecular Hbond substituents is 2. The van der Waals surface area contributed by atoms with Crippen LogP contribution in [0.4, 0.5) is 0 Å². The Bertz CT molecular complexity index is 1590. The summed E-state index contributed by atoms with van der Waals surface area (Å²) < 4.78 is 28.6. The number of fused-ring (bicyclic) bond motifs is 3. The van der Waals surface area contributed by atoms with E-state index in [9.17, 15) is 39.9 Å². The fraction of sp³-hybridized carbons (Fsp3) is 0.531. The van der Waals surface area contributed by atoms with E-state index in [1.165, 1.54) is 32.4 Å². The smallest absolute Gasteiger partial charge is 0.202 e. The number of phenols is 2. The number of carbonyl (C=O) groups is 3. The van der Waals surface area contributed by atoms with E-state index in [-0.39, 0.29) is 57.8 Å². The van der Waals surface area contributed by atoms with Crippen molar-refractivity contribution in [3.63, 3.8) is 0 Å². The summed E-state index contributed by atoms with van der Waals surface area (Å²) in [4.78, 5) is 42.4. The first kappa shape index (κ1) is 40.2. The second kappa shape index (κ2) is 15.3. The molecule has 2 aliphatic heterocycles. The van der Waals surface area contributed by atoms with Crippen molar-refractivity contribution in [2.24, 2.45) is 0 Å². The van der Waals surface area contributed by atoms with Crippen LogP contribution in [-0.4, -0.2) is 136 Å². The molecule has 16 nitrogen and oxygen atoms in total. The minimum absolute atomic E-state index is 0. The molecule has 0 radical (unpaired) electrons. The minimum atomic E-state index is -2.26. The Morgan fingerprint density at radius 2 is 1.76 bits per heavy atom. The zero-order chi connectivity index (χ0) is 33.1. The largest absolute Gasteiger partial charge is 0.507 e. The molecule has 0 unspecified atom stereocenters. The number of aliphatic hydroxyl groups excluding tert-OH is 2. The maximum absolute atomic E-state index is 13.9. The lowest BCUT2D eigenvalue weighted by molar-refractivity contribution is -0.266. The van der Waals surface area contributed by atoms with Crippen molar-refractivity contribution in [1.29, 1.82) is 0 Å². The molecule has 0 aromatic heterocycles. The summed E-state index contributed by atoms with van der Waals surface area (Å²) in [6, 6.07) is 3.93. The molecule has 17 heteroatoms. The zero-order valence-electron chi connectivity index (χ0n) is 27.0. The van der Waals surface area contributed by atoms with Crippen molar-refractivity contribution >= 4 is 29.8 Å². The van der Waals surface area contributed by atoms with Gasteiger partial charge in [-0.15, -0.1) is 12.4 Å². The molecule has 4 aliphatic rings. The summed E-state index contributed by atoms with van der Waals surface area (Å²) in [5.41, 5.74) is -3.62. The first-order valence-electron chi connectivity index (χ1n) is 15.0. The van der Waals surface area contributed by atoms with E-state index in [1.807, 2.05) is 4.90 Å². The minimum Gasteiger partial charge on any atom is -0.507 e. The average molecular weight is 716 g/mol. The summed E-state index contributed by atoms with van der Waals surface area (Å²) in [5, 5.41) is 55.5. The number of Topliss-reactive ketones (excluding diaryl/α,β-unsaturated/α-hetero) is 1. The van der Waals surface area contributed by atoms with Gasteiger partial charge in [0, 0.05) is 62.2 Å². The highest BCUT2D eigenvalue weighted by molar-refractivity contribution is 6.31. The van der Waals surface area contributed by atoms with Crippen LogP contribution < -0.4 is 4.74 Å². The third-order valence-electron chi connectivity index (χ3n) is 9.53. The highest BCUT2D eigenvalue weighted by atomic mass is 35.5. The monoisotopic (exact) mass is 715 g/mol. The molecule has 2 saturated heterocycles. The number of ketones is 3. The van der Waals surface area contributed by atoms with Crippen molar-refractivity contribution < 1.29 is 74.6 Å². The molecule has 2 aromatic rings. The number of morpholine rings is 1. The van der Waals surface area contributed by atoms with Crippen LogP contribution in [-0.2, 0) is 30.2 Å². The number of nitrogens with zero attached hydrogens (tertiary/aromatic N) is 1. The highest BCUT2D eigenvalue weighted by Crippen LogP contribution is 2.52. The van der Waals surface area contributed by atoms with Crippen molar-refractivity contribution in [3.8, 4) is 17.2 Å². The lowest BCUT2D eigenvalue weighted by atomic mass is 9.72. The third kappa shape index (κ3) is 6.66. The topological polar surface area (TPSA) is 265 Å². The summed E-state index contributed by atoms with van der Waals surface area (Å²) in [5.74, 6) is -3.75. The van der Waals surface area contributed by atoms with E-state index < -0.39 is 102 Å². The first-order valence-corrected chi connectivity index (χ1v) is 15.0. The van der Waals surface area contributed by atoms with Gasteiger partial charge in [-0.05, 0) is 13.0 Å². The lowest BCUT2D eigenvalue weighted by Gasteiger charge is -2.47. The number of benzene rings is 2. The Morgan fingerprint density at radius 3 is 2.41 bits per heavy atom. The van der Waals surface area contributed by atoms with E-state index in [0.717, 1.165) is 0 Å². The second-order valence-corrected chi connectivity index (χ2v) is 12.1. The molecule has 49 heavy (non-hydrogen) atoms. The number of methoxy groups -OCH3 is 2. The number of hydrogen-bond donors (Lipinski definition) is 5. The number of rotatable bonds is 7. The predicted molar refractivity (Wildman–Crippen MR) is 170 cm³/mol. The lowest BCUT2D eigenvalue weighted by Crippen LogP contribution is -2.59. The Hall–Kier alpha value is -3.26. The molecule has 2 aromatic carbocycles. The molecule has 272 valence electrons. The second-order valence-electron chi connectivity index (χ2n) is 12.1. The highest BCUT2D eigenvalue weighted by Gasteiger charge is 2.50. The van der Waals surface area contributed by atoms with Crippen molar-refractivity contribution in [2.75, 3.05) is 40.5 Å². The number of hydrogen-bond acceptors (Lipinski definition) is 14. The number of halogens is 1. The van der Waals surface area contributed by atoms with Gasteiger partial charge in [0.15, 0.2) is 24.1 Å². The van der Waals surface area contributed by atoms with Gasteiger partial charge < -0.3 is 60.2 Å². The fourth-order valence-electron chi connectivity index (χ4n) is 7.14. The van der Waals surface area contributed by atoms with Gasteiger partial charge in [-0.3, -0.25) is 19.3 Å². The number of aromatic hydroxyl groups is 2. The number of ether oxygens (including phenoxy) is 5. The van der Waals surface area contributed by atoms with Crippen LogP contribution in [0.15, 0.2) is 18.2 Å². The van der Waals surface area contributed by atoms with Gasteiger partial charge in [-0.2, -0.15) is 0 Å². The summed E-state index contributed by atoms with van der Waals surface area (Å²) in [6.45, 7) is 1.88. The fourth-order valence-corrected chi connectivity index (χ4v) is 7.14. The van der Waals surface area contributed by atoms with Gasteiger partial charge in [0.2, 0.25) is 5.78 Å². The van der Waals surface area contributed by atoms with Crippen LogP contribution in [0, 0.1) is 0 Å². The van der Waals surface area contributed by atoms with E-state index >= 15 is 0 Å². The molecular weight excluding hydrogens is 674 g/mol. The summed E-state index contributed by atoms with van der Waals surface area (Å²) >= 11 is 0. The van der Waals surface area contributed by atoms with Gasteiger partial charge in [-0.1, -0.05) is 12.1 Å². The summed E-state index contributed by atoms with van der Waals surface area (Å²) in [7, 11) is 2.85. The van der Waals surface area contributed by atoms with Gasteiger partial charge in [-0.25, -0.2) is 0 Å². The molecule has 2 heterocycles. The number of aliphatic hydroxyl groups is 3. The van der Waals surface area contributed by atoms with Gasteiger partial charge in [0.05, 0.1) is 48.7 Å². The third-order valence-corrected chi connectivity index (χ3v) is 9.53. The van der Waals surface area contributed by atoms with E-state index in [1.54, 1.807) is 6.92 Å². The van der Waals surface area contributed by atoms with E-state index in [4.69, 9.17) is 23.7 Å². The van der Waals surface area contributed by atoms with Crippen LogP contribution in [0.5, 0.6) is 17.2 Å². The van der Waals surface area contributed by atoms with Gasteiger partial charge in [0.25, 0.3) is 0 Å². The Labute approximate surface area is 287 Å². The van der Waals surface area contributed by atoms with Crippen LogP contribution in [0.1, 0.15) is 68.8 Å². The van der Waals surface area contributed by atoms with Crippen LogP contribution in [0.2, 0.25) is 0 Å². The quantitative estimate of drug-likeness (QED) is 0.186. The Morgan fingerprint density at radius 1 is 1.06 bits per heavy atom.